The molecule has 0 heterocycles. The van der Waals surface area contributed by atoms with E-state index in [0.29, 0.717) is 26.3 Å². The average molecular weight is 403 g/mol. The Bertz CT molecular complexity index is 906. The second-order valence-corrected chi connectivity index (χ2v) is 7.79. The second-order valence-electron chi connectivity index (χ2n) is 6.03. The molecule has 7 heteroatoms. The number of rotatable bonds is 10. The SMILES string of the molecule is CCNS(=O)(=O)c1ccc(/C=C/C(=O)NCc2ccccc2COCC)cc1. The highest BCUT2D eigenvalue weighted by atomic mass is 32.2. The first kappa shape index (κ1) is 21.8. The summed E-state index contributed by atoms with van der Waals surface area (Å²) in [5.74, 6) is -0.226. The summed E-state index contributed by atoms with van der Waals surface area (Å²) in [7, 11) is -3.47. The van der Waals surface area contributed by atoms with Crippen molar-refractivity contribution in [2.75, 3.05) is 13.2 Å². The van der Waals surface area contributed by atoms with Gasteiger partial charge in [-0.2, -0.15) is 0 Å². The average Bonchev–Trinajstić information content (AvgIpc) is 2.70. The maximum Gasteiger partial charge on any atom is 0.244 e. The van der Waals surface area contributed by atoms with Crippen molar-refractivity contribution < 1.29 is 17.9 Å². The molecule has 0 atom stereocenters. The van der Waals surface area contributed by atoms with E-state index in [1.807, 2.05) is 31.2 Å². The van der Waals surface area contributed by atoms with E-state index >= 15 is 0 Å². The Balaban J connectivity index is 1.94. The van der Waals surface area contributed by atoms with Crippen LogP contribution in [0, 0.1) is 0 Å². The van der Waals surface area contributed by atoms with Crippen molar-refractivity contribution in [2.45, 2.75) is 31.9 Å². The van der Waals surface area contributed by atoms with Crippen LogP contribution in [0.4, 0.5) is 0 Å². The third-order valence-electron chi connectivity index (χ3n) is 3.99. The summed E-state index contributed by atoms with van der Waals surface area (Å²) in [6.45, 7) is 5.56. The summed E-state index contributed by atoms with van der Waals surface area (Å²) < 4.78 is 31.7. The number of ether oxygens (including phenoxy) is 1. The van der Waals surface area contributed by atoms with E-state index in [0.717, 1.165) is 16.7 Å². The number of carbonyl (C=O) groups excluding carboxylic acids is 1. The van der Waals surface area contributed by atoms with Gasteiger partial charge in [0.05, 0.1) is 11.5 Å². The fourth-order valence-corrected chi connectivity index (χ4v) is 3.57. The quantitative estimate of drug-likeness (QED) is 0.599. The van der Waals surface area contributed by atoms with Gasteiger partial charge in [0, 0.05) is 25.8 Å². The lowest BCUT2D eigenvalue weighted by Gasteiger charge is -2.09. The summed E-state index contributed by atoms with van der Waals surface area (Å²) in [5.41, 5.74) is 2.80. The molecule has 0 aliphatic heterocycles. The molecular formula is C21H26N2O4S. The van der Waals surface area contributed by atoms with E-state index < -0.39 is 10.0 Å². The van der Waals surface area contributed by atoms with Gasteiger partial charge in [-0.1, -0.05) is 43.3 Å². The molecule has 150 valence electrons. The van der Waals surface area contributed by atoms with Crippen LogP contribution >= 0.6 is 0 Å². The molecular weight excluding hydrogens is 376 g/mol. The van der Waals surface area contributed by atoms with Gasteiger partial charge in [0.25, 0.3) is 0 Å². The summed E-state index contributed by atoms with van der Waals surface area (Å²) in [5, 5.41) is 2.85. The van der Waals surface area contributed by atoms with Crippen LogP contribution in [0.3, 0.4) is 0 Å². The summed E-state index contributed by atoms with van der Waals surface area (Å²) in [4.78, 5) is 12.3. The van der Waals surface area contributed by atoms with Crippen LogP contribution in [0.1, 0.15) is 30.5 Å². The highest BCUT2D eigenvalue weighted by molar-refractivity contribution is 7.89. The maximum atomic E-state index is 12.1. The third-order valence-corrected chi connectivity index (χ3v) is 5.55. The zero-order valence-electron chi connectivity index (χ0n) is 16.1. The Kier molecular flexibility index (Phi) is 8.38. The highest BCUT2D eigenvalue weighted by Gasteiger charge is 2.11. The molecule has 2 N–H and O–H groups in total. The smallest absolute Gasteiger partial charge is 0.244 e. The first-order chi connectivity index (χ1) is 13.5. The minimum absolute atomic E-state index is 0.196. The number of hydrogen-bond donors (Lipinski definition) is 2. The fourth-order valence-electron chi connectivity index (χ4n) is 2.53. The van der Waals surface area contributed by atoms with Gasteiger partial charge < -0.3 is 10.1 Å². The van der Waals surface area contributed by atoms with Crippen LogP contribution in [0.5, 0.6) is 0 Å². The molecule has 1 amide bonds. The first-order valence-electron chi connectivity index (χ1n) is 9.16. The van der Waals surface area contributed by atoms with Gasteiger partial charge in [-0.3, -0.25) is 4.79 Å². The van der Waals surface area contributed by atoms with Crippen LogP contribution in [-0.2, 0) is 32.7 Å². The van der Waals surface area contributed by atoms with Gasteiger partial charge in [0.2, 0.25) is 15.9 Å². The van der Waals surface area contributed by atoms with Crippen LogP contribution in [0.2, 0.25) is 0 Å². The lowest BCUT2D eigenvalue weighted by molar-refractivity contribution is -0.116. The van der Waals surface area contributed by atoms with Crippen molar-refractivity contribution in [2.24, 2.45) is 0 Å². The Morgan fingerprint density at radius 3 is 2.36 bits per heavy atom. The third kappa shape index (κ3) is 6.60. The Morgan fingerprint density at radius 1 is 1.04 bits per heavy atom. The molecule has 28 heavy (non-hydrogen) atoms. The van der Waals surface area contributed by atoms with Gasteiger partial charge >= 0.3 is 0 Å². The summed E-state index contributed by atoms with van der Waals surface area (Å²) in [6.07, 6.45) is 3.07. The van der Waals surface area contributed by atoms with Crippen LogP contribution in [-0.4, -0.2) is 27.5 Å². The van der Waals surface area contributed by atoms with Crippen LogP contribution in [0.25, 0.3) is 6.08 Å². The Morgan fingerprint density at radius 2 is 1.71 bits per heavy atom. The molecule has 0 aliphatic carbocycles. The van der Waals surface area contributed by atoms with E-state index in [1.54, 1.807) is 25.1 Å². The normalized spacial score (nSPS) is 11.6. The predicted molar refractivity (Wildman–Crippen MR) is 110 cm³/mol. The molecule has 0 spiro atoms. The van der Waals surface area contributed by atoms with Crippen molar-refractivity contribution in [3.8, 4) is 0 Å². The molecule has 0 radical (unpaired) electrons. The van der Waals surface area contributed by atoms with Crippen molar-refractivity contribution in [1.29, 1.82) is 0 Å². The number of hydrogen-bond acceptors (Lipinski definition) is 4. The Hall–Kier alpha value is -2.48. The molecule has 2 aromatic rings. The topological polar surface area (TPSA) is 84.5 Å². The van der Waals surface area contributed by atoms with Crippen molar-refractivity contribution in [1.82, 2.24) is 10.0 Å². The van der Waals surface area contributed by atoms with Crippen molar-refractivity contribution >= 4 is 22.0 Å². The Labute approximate surface area is 166 Å². The molecule has 2 aromatic carbocycles. The molecule has 0 aromatic heterocycles. The molecule has 0 bridgehead atoms. The molecule has 0 aliphatic rings. The van der Waals surface area contributed by atoms with Crippen molar-refractivity contribution in [3.05, 3.63) is 71.3 Å². The first-order valence-corrected chi connectivity index (χ1v) is 10.6. The summed E-state index contributed by atoms with van der Waals surface area (Å²) >= 11 is 0. The molecule has 0 unspecified atom stereocenters. The van der Waals surface area contributed by atoms with E-state index in [1.165, 1.54) is 18.2 Å². The minimum atomic E-state index is -3.47. The molecule has 6 nitrogen and oxygen atoms in total. The zero-order chi connectivity index (χ0) is 20.4. The maximum absolute atomic E-state index is 12.1. The van der Waals surface area contributed by atoms with E-state index in [-0.39, 0.29) is 10.8 Å². The van der Waals surface area contributed by atoms with E-state index in [4.69, 9.17) is 4.74 Å². The lowest BCUT2D eigenvalue weighted by atomic mass is 10.1. The van der Waals surface area contributed by atoms with Crippen molar-refractivity contribution in [3.63, 3.8) is 0 Å². The van der Waals surface area contributed by atoms with E-state index in [9.17, 15) is 13.2 Å². The number of benzene rings is 2. The number of nitrogens with one attached hydrogen (secondary N) is 2. The lowest BCUT2D eigenvalue weighted by Crippen LogP contribution is -2.23. The molecule has 0 saturated heterocycles. The van der Waals surface area contributed by atoms with Gasteiger partial charge in [-0.15, -0.1) is 0 Å². The molecule has 0 saturated carbocycles. The largest absolute Gasteiger partial charge is 0.377 e. The standard InChI is InChI=1S/C21H26N2O4S/c1-3-23-28(25,26)20-12-9-17(10-13-20)11-14-21(24)22-15-18-7-5-6-8-19(18)16-27-4-2/h5-14,23H,3-4,15-16H2,1-2H3,(H,22,24)/b14-11+. The predicted octanol–water partition coefficient (Wildman–Crippen LogP) is 2.85. The number of sulfonamides is 1. The summed E-state index contributed by atoms with van der Waals surface area (Å²) in [6, 6.07) is 14.2. The van der Waals surface area contributed by atoms with Crippen LogP contribution < -0.4 is 10.0 Å². The number of amides is 1. The minimum Gasteiger partial charge on any atom is -0.377 e. The van der Waals surface area contributed by atoms with E-state index in [2.05, 4.69) is 10.0 Å². The van der Waals surface area contributed by atoms with Crippen LogP contribution in [0.15, 0.2) is 59.5 Å². The monoisotopic (exact) mass is 402 g/mol. The van der Waals surface area contributed by atoms with Gasteiger partial charge in [-0.25, -0.2) is 13.1 Å². The molecule has 0 fully saturated rings. The van der Waals surface area contributed by atoms with Gasteiger partial charge in [0.1, 0.15) is 0 Å². The zero-order valence-corrected chi connectivity index (χ0v) is 17.0. The number of carbonyl (C=O) groups is 1. The molecule has 2 rings (SSSR count). The fraction of sp³-hybridized carbons (Fsp3) is 0.286. The highest BCUT2D eigenvalue weighted by Crippen LogP contribution is 2.12. The van der Waals surface area contributed by atoms with Gasteiger partial charge in [-0.05, 0) is 41.8 Å². The van der Waals surface area contributed by atoms with Gasteiger partial charge in [0.15, 0.2) is 0 Å². The second kappa shape index (κ2) is 10.8.